The Morgan fingerprint density at radius 2 is 1.35 bits per heavy atom. The van der Waals surface area contributed by atoms with Gasteiger partial charge in [0.05, 0.1) is 19.1 Å². The van der Waals surface area contributed by atoms with Crippen molar-refractivity contribution in [2.24, 2.45) is 0 Å². The van der Waals surface area contributed by atoms with Crippen LogP contribution in [-0.4, -0.2) is 45.1 Å². The molecule has 0 aliphatic heterocycles. The topological polar surface area (TPSA) is 115 Å². The van der Waals surface area contributed by atoms with Gasteiger partial charge in [-0.2, -0.15) is 0 Å². The molecule has 6 heteroatoms. The summed E-state index contributed by atoms with van der Waals surface area (Å²) < 4.78 is 0. The molecule has 1 unspecified atom stereocenters. The monoisotopic (exact) mass is 372 g/mol. The van der Waals surface area contributed by atoms with E-state index in [9.17, 15) is 19.8 Å². The summed E-state index contributed by atoms with van der Waals surface area (Å²) in [6, 6.07) is 0. The van der Waals surface area contributed by atoms with Gasteiger partial charge in [-0.05, 0) is 19.3 Å². The molecule has 6 nitrogen and oxygen atoms in total. The number of rotatable bonds is 17. The fourth-order valence-corrected chi connectivity index (χ4v) is 3.05. The van der Waals surface area contributed by atoms with Crippen molar-refractivity contribution in [1.82, 2.24) is 0 Å². The molecule has 0 rings (SSSR count). The fraction of sp³-hybridized carbons (Fsp3) is 0.800. The lowest BCUT2D eigenvalue weighted by atomic mass is 9.94. The molecule has 0 radical (unpaired) electrons. The summed E-state index contributed by atoms with van der Waals surface area (Å²) in [6.07, 6.45) is 10.4. The summed E-state index contributed by atoms with van der Waals surface area (Å²) in [4.78, 5) is 22.3. The molecule has 0 saturated carbocycles. The van der Waals surface area contributed by atoms with Crippen LogP contribution in [0.1, 0.15) is 90.4 Å². The van der Waals surface area contributed by atoms with Crippen molar-refractivity contribution in [1.29, 1.82) is 0 Å². The van der Waals surface area contributed by atoms with Crippen LogP contribution in [0.2, 0.25) is 0 Å². The highest BCUT2D eigenvalue weighted by atomic mass is 16.4. The maximum absolute atomic E-state index is 11.4. The predicted octanol–water partition coefficient (Wildman–Crippen LogP) is 3.90. The summed E-state index contributed by atoms with van der Waals surface area (Å²) >= 11 is 0. The highest BCUT2D eigenvalue weighted by molar-refractivity contribution is 5.92. The fourth-order valence-electron chi connectivity index (χ4n) is 3.05. The molecule has 0 fully saturated rings. The number of unbranched alkanes of at least 4 members (excludes halogenated alkanes) is 9. The van der Waals surface area contributed by atoms with Crippen LogP contribution >= 0.6 is 0 Å². The van der Waals surface area contributed by atoms with Gasteiger partial charge in [0.1, 0.15) is 0 Å². The molecule has 4 N–H and O–H groups in total. The van der Waals surface area contributed by atoms with E-state index in [1.165, 1.54) is 38.5 Å². The number of carboxylic acids is 2. The van der Waals surface area contributed by atoms with E-state index in [4.69, 9.17) is 10.2 Å². The van der Waals surface area contributed by atoms with Crippen molar-refractivity contribution in [3.05, 3.63) is 11.1 Å². The van der Waals surface area contributed by atoms with Crippen LogP contribution in [0.5, 0.6) is 0 Å². The van der Waals surface area contributed by atoms with E-state index >= 15 is 0 Å². The molecular weight excluding hydrogens is 336 g/mol. The van der Waals surface area contributed by atoms with Gasteiger partial charge in [-0.1, -0.05) is 70.3 Å². The Balaban J connectivity index is 4.35. The molecule has 0 amide bonds. The maximum atomic E-state index is 11.4. The van der Waals surface area contributed by atoms with Gasteiger partial charge in [-0.15, -0.1) is 0 Å². The van der Waals surface area contributed by atoms with Gasteiger partial charge in [0.15, 0.2) is 0 Å². The SMILES string of the molecule is CCCCCCCCCCCCC(CC(O)CO)=C(CC(=O)O)C(=O)O. The molecule has 0 aliphatic rings. The Bertz CT molecular complexity index is 430. The van der Waals surface area contributed by atoms with Crippen LogP contribution in [0.15, 0.2) is 11.1 Å². The third kappa shape index (κ3) is 12.9. The molecule has 0 spiro atoms. The highest BCUT2D eigenvalue weighted by Gasteiger charge is 2.19. The lowest BCUT2D eigenvalue weighted by molar-refractivity contribution is -0.139. The van der Waals surface area contributed by atoms with E-state index in [0.717, 1.165) is 25.7 Å². The quantitative estimate of drug-likeness (QED) is 0.227. The van der Waals surface area contributed by atoms with Gasteiger partial charge in [0, 0.05) is 5.57 Å². The molecule has 26 heavy (non-hydrogen) atoms. The Kier molecular flexibility index (Phi) is 15.0. The molecule has 0 heterocycles. The van der Waals surface area contributed by atoms with Gasteiger partial charge in [0.2, 0.25) is 0 Å². The molecule has 0 aromatic heterocycles. The summed E-state index contributed by atoms with van der Waals surface area (Å²) in [5, 5.41) is 36.8. The van der Waals surface area contributed by atoms with Gasteiger partial charge in [-0.25, -0.2) is 4.79 Å². The Labute approximate surface area is 156 Å². The van der Waals surface area contributed by atoms with Crippen LogP contribution < -0.4 is 0 Å². The molecular formula is C20H36O6. The molecule has 0 aliphatic carbocycles. The second-order valence-corrected chi connectivity index (χ2v) is 6.93. The van der Waals surface area contributed by atoms with Gasteiger partial charge < -0.3 is 20.4 Å². The second kappa shape index (κ2) is 15.8. The largest absolute Gasteiger partial charge is 0.481 e. The van der Waals surface area contributed by atoms with Crippen LogP contribution in [0.4, 0.5) is 0 Å². The zero-order valence-corrected chi connectivity index (χ0v) is 16.1. The van der Waals surface area contributed by atoms with Crippen molar-refractivity contribution in [2.75, 3.05) is 6.61 Å². The van der Waals surface area contributed by atoms with E-state index in [1.54, 1.807) is 0 Å². The van der Waals surface area contributed by atoms with E-state index in [0.29, 0.717) is 12.0 Å². The smallest absolute Gasteiger partial charge is 0.332 e. The molecule has 1 atom stereocenters. The number of aliphatic hydroxyl groups is 2. The summed E-state index contributed by atoms with van der Waals surface area (Å²) in [5.41, 5.74) is 0.266. The number of hydrogen-bond donors (Lipinski definition) is 4. The minimum Gasteiger partial charge on any atom is -0.481 e. The zero-order chi connectivity index (χ0) is 19.8. The summed E-state index contributed by atoms with van der Waals surface area (Å²) in [5.74, 6) is -2.47. The number of hydrogen-bond acceptors (Lipinski definition) is 4. The third-order valence-corrected chi connectivity index (χ3v) is 4.54. The molecule has 0 aromatic carbocycles. The Morgan fingerprint density at radius 1 is 0.846 bits per heavy atom. The lowest BCUT2D eigenvalue weighted by Gasteiger charge is -2.15. The molecule has 152 valence electrons. The minimum atomic E-state index is -1.26. The number of aliphatic hydroxyl groups excluding tert-OH is 2. The molecule has 0 saturated heterocycles. The predicted molar refractivity (Wildman–Crippen MR) is 101 cm³/mol. The first-order chi connectivity index (χ1) is 12.4. The van der Waals surface area contributed by atoms with Crippen LogP contribution in [0.25, 0.3) is 0 Å². The van der Waals surface area contributed by atoms with Crippen LogP contribution in [-0.2, 0) is 9.59 Å². The first-order valence-electron chi connectivity index (χ1n) is 9.87. The second-order valence-electron chi connectivity index (χ2n) is 6.93. The summed E-state index contributed by atoms with van der Waals surface area (Å²) in [6.45, 7) is 1.73. The van der Waals surface area contributed by atoms with Gasteiger partial charge in [0.25, 0.3) is 0 Å². The van der Waals surface area contributed by atoms with Crippen molar-refractivity contribution in [2.45, 2.75) is 96.5 Å². The molecule has 0 aromatic rings. The van der Waals surface area contributed by atoms with E-state index in [2.05, 4.69) is 6.92 Å². The lowest BCUT2D eigenvalue weighted by Crippen LogP contribution is -2.17. The average molecular weight is 373 g/mol. The van der Waals surface area contributed by atoms with Crippen LogP contribution in [0.3, 0.4) is 0 Å². The van der Waals surface area contributed by atoms with Crippen molar-refractivity contribution in [3.63, 3.8) is 0 Å². The number of aliphatic carboxylic acids is 2. The van der Waals surface area contributed by atoms with E-state index in [1.807, 2.05) is 0 Å². The summed E-state index contributed by atoms with van der Waals surface area (Å²) in [7, 11) is 0. The molecule has 0 bridgehead atoms. The zero-order valence-electron chi connectivity index (χ0n) is 16.1. The minimum absolute atomic E-state index is 0.00282. The van der Waals surface area contributed by atoms with Crippen LogP contribution in [0, 0.1) is 0 Å². The Morgan fingerprint density at radius 3 is 1.77 bits per heavy atom. The van der Waals surface area contributed by atoms with Gasteiger partial charge >= 0.3 is 11.9 Å². The first-order valence-corrected chi connectivity index (χ1v) is 9.87. The third-order valence-electron chi connectivity index (χ3n) is 4.54. The van der Waals surface area contributed by atoms with Crippen molar-refractivity contribution < 1.29 is 30.0 Å². The van der Waals surface area contributed by atoms with Crippen molar-refractivity contribution in [3.8, 4) is 0 Å². The van der Waals surface area contributed by atoms with E-state index in [-0.39, 0.29) is 12.0 Å². The number of carbonyl (C=O) groups is 2. The van der Waals surface area contributed by atoms with E-state index < -0.39 is 31.1 Å². The van der Waals surface area contributed by atoms with Crippen molar-refractivity contribution >= 4 is 11.9 Å². The standard InChI is InChI=1S/C20H36O6/c1-2-3-4-5-6-7-8-9-10-11-12-16(13-17(22)15-21)18(20(25)26)14-19(23)24/h17,21-22H,2-15H2,1H3,(H,23,24)(H,25,26). The van der Waals surface area contributed by atoms with Gasteiger partial charge in [-0.3, -0.25) is 4.79 Å². The normalized spacial score (nSPS) is 13.3. The number of carboxylic acid groups (broad SMARTS) is 2. The first kappa shape index (κ1) is 24.6. The maximum Gasteiger partial charge on any atom is 0.332 e. The Hall–Kier alpha value is -1.40. The highest BCUT2D eigenvalue weighted by Crippen LogP contribution is 2.22. The average Bonchev–Trinajstić information content (AvgIpc) is 2.59.